The summed E-state index contributed by atoms with van der Waals surface area (Å²) < 4.78 is 26.0. The molecule has 1 aliphatic rings. The maximum absolute atomic E-state index is 13.2. The number of rotatable bonds is 3. The Kier molecular flexibility index (Phi) is 4.14. The van der Waals surface area contributed by atoms with Gasteiger partial charge in [0.25, 0.3) is 0 Å². The standard InChI is InChI=1S/C15H20F2/c1-2-3-11-4-6-12(7-5-11)13-8-9-14(16)15(17)10-13/h8-12H,2-7H2,1H3. The van der Waals surface area contributed by atoms with E-state index in [0.29, 0.717) is 5.92 Å². The Hall–Kier alpha value is -0.920. The highest BCUT2D eigenvalue weighted by Crippen LogP contribution is 2.37. The zero-order valence-electron chi connectivity index (χ0n) is 10.4. The zero-order valence-corrected chi connectivity index (χ0v) is 10.4. The third kappa shape index (κ3) is 3.05. The Bertz CT molecular complexity index is 365. The van der Waals surface area contributed by atoms with Gasteiger partial charge in [-0.15, -0.1) is 0 Å². The molecule has 2 rings (SSSR count). The van der Waals surface area contributed by atoms with Crippen LogP contribution in [-0.2, 0) is 0 Å². The van der Waals surface area contributed by atoms with Gasteiger partial charge in [-0.25, -0.2) is 8.78 Å². The molecule has 2 heteroatoms. The van der Waals surface area contributed by atoms with Crippen LogP contribution in [-0.4, -0.2) is 0 Å². The second-order valence-electron chi connectivity index (χ2n) is 5.18. The van der Waals surface area contributed by atoms with Crippen LogP contribution < -0.4 is 0 Å². The van der Waals surface area contributed by atoms with Crippen LogP contribution in [0.1, 0.15) is 56.9 Å². The topological polar surface area (TPSA) is 0 Å². The summed E-state index contributed by atoms with van der Waals surface area (Å²) in [6.45, 7) is 2.22. The van der Waals surface area contributed by atoms with E-state index in [9.17, 15) is 8.78 Å². The van der Waals surface area contributed by atoms with Gasteiger partial charge in [0.05, 0.1) is 0 Å². The molecular weight excluding hydrogens is 218 g/mol. The predicted octanol–water partition coefficient (Wildman–Crippen LogP) is 5.04. The van der Waals surface area contributed by atoms with Gasteiger partial charge in [-0.05, 0) is 55.2 Å². The van der Waals surface area contributed by atoms with Gasteiger partial charge in [0.15, 0.2) is 11.6 Å². The average Bonchev–Trinajstić information content (AvgIpc) is 2.34. The molecule has 0 saturated heterocycles. The number of hydrogen-bond donors (Lipinski definition) is 0. The van der Waals surface area contributed by atoms with Gasteiger partial charge in [-0.2, -0.15) is 0 Å². The molecular formula is C15H20F2. The van der Waals surface area contributed by atoms with E-state index in [4.69, 9.17) is 0 Å². The molecule has 1 aliphatic carbocycles. The second-order valence-corrected chi connectivity index (χ2v) is 5.18. The van der Waals surface area contributed by atoms with Crippen LogP contribution in [0.25, 0.3) is 0 Å². The lowest BCUT2D eigenvalue weighted by Gasteiger charge is -2.28. The summed E-state index contributed by atoms with van der Waals surface area (Å²) in [5.74, 6) is -0.175. The quantitative estimate of drug-likeness (QED) is 0.692. The summed E-state index contributed by atoms with van der Waals surface area (Å²) in [5, 5.41) is 0. The first-order valence-electron chi connectivity index (χ1n) is 6.65. The van der Waals surface area contributed by atoms with Gasteiger partial charge in [0, 0.05) is 0 Å². The molecule has 1 aromatic carbocycles. The highest BCUT2D eigenvalue weighted by Gasteiger charge is 2.22. The molecule has 0 bridgehead atoms. The molecule has 0 N–H and O–H groups in total. The van der Waals surface area contributed by atoms with Crippen molar-refractivity contribution in [3.05, 3.63) is 35.4 Å². The highest BCUT2D eigenvalue weighted by atomic mass is 19.2. The molecule has 1 aromatic rings. The number of halogens is 2. The smallest absolute Gasteiger partial charge is 0.159 e. The van der Waals surface area contributed by atoms with Crippen molar-refractivity contribution in [3.8, 4) is 0 Å². The normalized spacial score (nSPS) is 24.9. The van der Waals surface area contributed by atoms with Crippen LogP contribution in [0.5, 0.6) is 0 Å². The molecule has 0 spiro atoms. The third-order valence-corrected chi connectivity index (χ3v) is 3.96. The fraction of sp³-hybridized carbons (Fsp3) is 0.600. The first-order chi connectivity index (χ1) is 8.20. The van der Waals surface area contributed by atoms with Crippen molar-refractivity contribution in [2.24, 2.45) is 5.92 Å². The molecule has 17 heavy (non-hydrogen) atoms. The summed E-state index contributed by atoms with van der Waals surface area (Å²) in [5.41, 5.74) is 0.971. The van der Waals surface area contributed by atoms with Crippen LogP contribution in [0.15, 0.2) is 18.2 Å². The maximum Gasteiger partial charge on any atom is 0.159 e. The lowest BCUT2D eigenvalue weighted by molar-refractivity contribution is 0.307. The number of hydrogen-bond acceptors (Lipinski definition) is 0. The van der Waals surface area contributed by atoms with Crippen LogP contribution in [0.2, 0.25) is 0 Å². The van der Waals surface area contributed by atoms with Crippen LogP contribution in [0, 0.1) is 17.6 Å². The Morgan fingerprint density at radius 1 is 1.06 bits per heavy atom. The molecule has 0 heterocycles. The molecule has 0 nitrogen and oxygen atoms in total. The van der Waals surface area contributed by atoms with E-state index in [1.54, 1.807) is 6.07 Å². The van der Waals surface area contributed by atoms with Crippen molar-refractivity contribution >= 4 is 0 Å². The average molecular weight is 238 g/mol. The van der Waals surface area contributed by atoms with E-state index in [-0.39, 0.29) is 0 Å². The van der Waals surface area contributed by atoms with Crippen molar-refractivity contribution in [2.75, 3.05) is 0 Å². The first-order valence-corrected chi connectivity index (χ1v) is 6.65. The minimum absolute atomic E-state index is 0.429. The minimum atomic E-state index is -0.742. The Labute approximate surface area is 102 Å². The van der Waals surface area contributed by atoms with Crippen LogP contribution in [0.4, 0.5) is 8.78 Å². The lowest BCUT2D eigenvalue weighted by Crippen LogP contribution is -2.13. The van der Waals surface area contributed by atoms with E-state index in [0.717, 1.165) is 24.3 Å². The molecule has 1 fully saturated rings. The van der Waals surface area contributed by atoms with E-state index in [1.165, 1.54) is 37.8 Å². The minimum Gasteiger partial charge on any atom is -0.204 e. The molecule has 0 atom stereocenters. The van der Waals surface area contributed by atoms with Crippen LogP contribution >= 0.6 is 0 Å². The second kappa shape index (κ2) is 5.61. The molecule has 0 radical (unpaired) electrons. The Morgan fingerprint density at radius 3 is 2.35 bits per heavy atom. The Morgan fingerprint density at radius 2 is 1.76 bits per heavy atom. The van der Waals surface area contributed by atoms with Gasteiger partial charge < -0.3 is 0 Å². The van der Waals surface area contributed by atoms with Gasteiger partial charge in [0.2, 0.25) is 0 Å². The van der Waals surface area contributed by atoms with Gasteiger partial charge in [-0.3, -0.25) is 0 Å². The van der Waals surface area contributed by atoms with Crippen molar-refractivity contribution in [1.29, 1.82) is 0 Å². The van der Waals surface area contributed by atoms with E-state index >= 15 is 0 Å². The zero-order chi connectivity index (χ0) is 12.3. The Balaban J connectivity index is 1.98. The van der Waals surface area contributed by atoms with Crippen molar-refractivity contribution < 1.29 is 8.78 Å². The fourth-order valence-corrected chi connectivity index (χ4v) is 2.96. The molecule has 0 unspecified atom stereocenters. The summed E-state index contributed by atoms with van der Waals surface area (Å²) >= 11 is 0. The lowest BCUT2D eigenvalue weighted by atomic mass is 9.77. The van der Waals surface area contributed by atoms with E-state index in [2.05, 4.69) is 6.92 Å². The summed E-state index contributed by atoms with van der Waals surface area (Å²) in [4.78, 5) is 0. The SMILES string of the molecule is CCCC1CCC(c2ccc(F)c(F)c2)CC1. The molecule has 0 aliphatic heterocycles. The van der Waals surface area contributed by atoms with Gasteiger partial charge in [-0.1, -0.05) is 25.8 Å². The van der Waals surface area contributed by atoms with Gasteiger partial charge in [0.1, 0.15) is 0 Å². The third-order valence-electron chi connectivity index (χ3n) is 3.96. The maximum atomic E-state index is 13.2. The van der Waals surface area contributed by atoms with Crippen molar-refractivity contribution in [1.82, 2.24) is 0 Å². The number of benzene rings is 1. The fourth-order valence-electron chi connectivity index (χ4n) is 2.96. The molecule has 94 valence electrons. The van der Waals surface area contributed by atoms with E-state index in [1.807, 2.05) is 0 Å². The molecule has 0 aromatic heterocycles. The van der Waals surface area contributed by atoms with Crippen molar-refractivity contribution in [2.45, 2.75) is 51.4 Å². The summed E-state index contributed by atoms with van der Waals surface area (Å²) in [6, 6.07) is 4.37. The van der Waals surface area contributed by atoms with Crippen LogP contribution in [0.3, 0.4) is 0 Å². The van der Waals surface area contributed by atoms with E-state index < -0.39 is 11.6 Å². The van der Waals surface area contributed by atoms with Gasteiger partial charge >= 0.3 is 0 Å². The summed E-state index contributed by atoms with van der Waals surface area (Å²) in [7, 11) is 0. The summed E-state index contributed by atoms with van der Waals surface area (Å²) in [6.07, 6.45) is 7.27. The highest BCUT2D eigenvalue weighted by molar-refractivity contribution is 5.22. The van der Waals surface area contributed by atoms with Crippen molar-refractivity contribution in [3.63, 3.8) is 0 Å². The monoisotopic (exact) mass is 238 g/mol. The largest absolute Gasteiger partial charge is 0.204 e. The first kappa shape index (κ1) is 12.5. The molecule has 0 amide bonds. The predicted molar refractivity (Wildman–Crippen MR) is 66.0 cm³/mol. The molecule has 1 saturated carbocycles.